The Bertz CT molecular complexity index is 7300. The van der Waals surface area contributed by atoms with E-state index in [2.05, 4.69) is 493 Å². The van der Waals surface area contributed by atoms with Gasteiger partial charge in [0, 0.05) is 49.4 Å². The maximum absolute atomic E-state index is 6.59. The van der Waals surface area contributed by atoms with Crippen molar-refractivity contribution in [1.82, 2.24) is 0 Å². The molecule has 128 heavy (non-hydrogen) atoms. The Balaban J connectivity index is 0.000000130. The Morgan fingerprint density at radius 2 is 0.469 bits per heavy atom. The summed E-state index contributed by atoms with van der Waals surface area (Å²) in [5.74, 6) is 0. The lowest BCUT2D eigenvalue weighted by Crippen LogP contribution is -2.40. The van der Waals surface area contributed by atoms with Gasteiger partial charge >= 0.3 is 0 Å². The second-order valence-corrected chi connectivity index (χ2v) is 35.4. The molecular formula is C125H95ClN2. The van der Waals surface area contributed by atoms with E-state index in [1.807, 2.05) is 18.2 Å². The third-order valence-corrected chi connectivity index (χ3v) is 27.8. The number of anilines is 5. The van der Waals surface area contributed by atoms with Gasteiger partial charge in [-0.05, 0) is 239 Å². The van der Waals surface area contributed by atoms with Gasteiger partial charge in [-0.1, -0.05) is 447 Å². The number of hydrogen-bond donors (Lipinski definition) is 1. The third kappa shape index (κ3) is 13.3. The minimum absolute atomic E-state index is 0. The maximum atomic E-state index is 6.59. The largest absolute Gasteiger partial charge is 0.356 e. The first-order chi connectivity index (χ1) is 62.4. The predicted molar refractivity (Wildman–Crippen MR) is 542 cm³/mol. The van der Waals surface area contributed by atoms with Crippen LogP contribution in [0.25, 0.3) is 111 Å². The van der Waals surface area contributed by atoms with Crippen molar-refractivity contribution in [1.29, 1.82) is 0 Å². The molecule has 20 aromatic carbocycles. The van der Waals surface area contributed by atoms with Crippen LogP contribution in [0.2, 0.25) is 5.02 Å². The van der Waals surface area contributed by atoms with Gasteiger partial charge in [0.25, 0.3) is 0 Å². The molecule has 0 heterocycles. The molecule has 0 saturated carbocycles. The topological polar surface area (TPSA) is 15.3 Å². The van der Waals surface area contributed by atoms with Crippen LogP contribution >= 0.6 is 11.6 Å². The quantitative estimate of drug-likeness (QED) is 0.139. The molecule has 0 unspecified atom stereocenters. The summed E-state index contributed by atoms with van der Waals surface area (Å²) in [6.07, 6.45) is 0. The molecule has 612 valence electrons. The third-order valence-electron chi connectivity index (χ3n) is 27.5. The highest BCUT2D eigenvalue weighted by atomic mass is 35.5. The van der Waals surface area contributed by atoms with Crippen LogP contribution in [0.15, 0.2) is 473 Å². The summed E-state index contributed by atoms with van der Waals surface area (Å²) in [7, 11) is 0. The van der Waals surface area contributed by atoms with E-state index >= 15 is 0 Å². The number of benzene rings is 20. The lowest BCUT2D eigenvalue weighted by molar-refractivity contribution is 0.563. The van der Waals surface area contributed by atoms with Crippen LogP contribution in [0.5, 0.6) is 0 Å². The van der Waals surface area contributed by atoms with Crippen LogP contribution in [-0.2, 0) is 21.7 Å². The van der Waals surface area contributed by atoms with Gasteiger partial charge in [0.2, 0.25) is 0 Å². The van der Waals surface area contributed by atoms with Crippen molar-refractivity contribution in [3.63, 3.8) is 0 Å². The smallest absolute Gasteiger partial charge is 0.0719 e. The molecule has 0 aromatic heterocycles. The molecule has 20 aromatic rings. The molecule has 24 rings (SSSR count). The zero-order valence-corrected chi connectivity index (χ0v) is 72.1. The average Bonchev–Trinajstić information content (AvgIpc) is 1.48. The molecule has 0 fully saturated rings. The lowest BCUT2D eigenvalue weighted by Gasteiger charge is -2.46. The van der Waals surface area contributed by atoms with E-state index in [9.17, 15) is 0 Å². The Kier molecular flexibility index (Phi) is 20.4. The molecule has 2 spiro atoms. The molecule has 1 N–H and O–H groups in total. The molecule has 0 saturated heterocycles. The van der Waals surface area contributed by atoms with E-state index in [4.69, 9.17) is 11.6 Å². The maximum Gasteiger partial charge on any atom is 0.0719 e. The molecule has 0 amide bonds. The molecule has 4 aliphatic carbocycles. The normalized spacial score (nSPS) is 13.5. The van der Waals surface area contributed by atoms with E-state index in [1.165, 1.54) is 172 Å². The summed E-state index contributed by atoms with van der Waals surface area (Å²) in [5, 5.41) is 8.94. The van der Waals surface area contributed by atoms with Crippen molar-refractivity contribution in [2.75, 3.05) is 10.2 Å². The number of halogens is 1. The van der Waals surface area contributed by atoms with Gasteiger partial charge in [-0.2, -0.15) is 0 Å². The first kappa shape index (κ1) is 80.0. The van der Waals surface area contributed by atoms with Crippen molar-refractivity contribution in [2.45, 2.75) is 56.8 Å². The SMILES string of the molecule is C.CC1(C)c2ccccc2C2(c3ccccc3-c3cc(-c4ccc(Cl)c5ccccc45)ccc32)c2ccccc21.CC1(C)c2ccccc2C2(c3ccccc3-c3ccc(-c4ccc(N(c5ccc(-c6ccccc6)cc5)c5ccc(-c6ccccc6)cc5)c5ccccc45)cc32)c2ccccc21.c1ccc(-c2ccc(Nc3ccc(-c4ccccc4)cc3)cc2)cc1. The van der Waals surface area contributed by atoms with E-state index in [0.717, 1.165) is 38.8 Å². The van der Waals surface area contributed by atoms with Crippen molar-refractivity contribution in [3.8, 4) is 89.0 Å². The van der Waals surface area contributed by atoms with Gasteiger partial charge in [-0.3, -0.25) is 0 Å². The first-order valence-electron chi connectivity index (χ1n) is 44.2. The second kappa shape index (κ2) is 32.7. The molecule has 0 radical (unpaired) electrons. The summed E-state index contributed by atoms with van der Waals surface area (Å²) in [4.78, 5) is 2.42. The number of nitrogens with zero attached hydrogens (tertiary/aromatic N) is 1. The van der Waals surface area contributed by atoms with Gasteiger partial charge in [-0.25, -0.2) is 0 Å². The van der Waals surface area contributed by atoms with Gasteiger partial charge in [0.15, 0.2) is 0 Å². The van der Waals surface area contributed by atoms with Gasteiger partial charge in [0.05, 0.1) is 16.5 Å². The monoisotopic (exact) mass is 1660 g/mol. The number of rotatable bonds is 11. The van der Waals surface area contributed by atoms with Gasteiger partial charge in [-0.15, -0.1) is 0 Å². The zero-order chi connectivity index (χ0) is 85.4. The minimum atomic E-state index is -0.449. The molecule has 2 nitrogen and oxygen atoms in total. The van der Waals surface area contributed by atoms with Crippen molar-refractivity contribution in [3.05, 3.63) is 545 Å². The van der Waals surface area contributed by atoms with Crippen LogP contribution in [-0.4, -0.2) is 0 Å². The van der Waals surface area contributed by atoms with Crippen molar-refractivity contribution >= 4 is 61.6 Å². The van der Waals surface area contributed by atoms with Crippen LogP contribution < -0.4 is 10.2 Å². The number of hydrogen-bond acceptors (Lipinski definition) is 2. The molecular weight excluding hydrogens is 1560 g/mol. The van der Waals surface area contributed by atoms with E-state index < -0.39 is 5.41 Å². The van der Waals surface area contributed by atoms with Crippen LogP contribution in [0, 0.1) is 0 Å². The van der Waals surface area contributed by atoms with E-state index in [-0.39, 0.29) is 23.7 Å². The van der Waals surface area contributed by atoms with Crippen LogP contribution in [0.3, 0.4) is 0 Å². The van der Waals surface area contributed by atoms with E-state index in [1.54, 1.807) is 0 Å². The number of nitrogens with one attached hydrogen (secondary N) is 1. The molecule has 3 heteroatoms. The van der Waals surface area contributed by atoms with Crippen molar-refractivity contribution < 1.29 is 0 Å². The summed E-state index contributed by atoms with van der Waals surface area (Å²) >= 11 is 6.59. The van der Waals surface area contributed by atoms with Gasteiger partial charge < -0.3 is 10.2 Å². The highest BCUT2D eigenvalue weighted by molar-refractivity contribution is 6.36. The van der Waals surface area contributed by atoms with Crippen LogP contribution in [0.1, 0.15) is 102 Å². The Morgan fingerprint density at radius 3 is 0.891 bits per heavy atom. The van der Waals surface area contributed by atoms with Gasteiger partial charge in [0.1, 0.15) is 0 Å². The summed E-state index contributed by atoms with van der Waals surface area (Å²) in [5.41, 5.74) is 40.9. The van der Waals surface area contributed by atoms with E-state index in [0.29, 0.717) is 0 Å². The Morgan fingerprint density at radius 1 is 0.195 bits per heavy atom. The molecule has 0 bridgehead atoms. The molecule has 4 aliphatic rings. The fourth-order valence-corrected chi connectivity index (χ4v) is 21.7. The fraction of sp³-hybridized carbons (Fsp3) is 0.0720. The molecule has 0 aliphatic heterocycles. The average molecular weight is 1660 g/mol. The second-order valence-electron chi connectivity index (χ2n) is 35.0. The van der Waals surface area contributed by atoms with Crippen molar-refractivity contribution in [2.24, 2.45) is 0 Å². The summed E-state index contributed by atoms with van der Waals surface area (Å²) in [6.45, 7) is 9.52. The first-order valence-corrected chi connectivity index (χ1v) is 44.6. The summed E-state index contributed by atoms with van der Waals surface area (Å²) in [6, 6.07) is 173. The Hall–Kier alpha value is -15.2. The predicted octanol–water partition coefficient (Wildman–Crippen LogP) is 33.9. The highest BCUT2D eigenvalue weighted by Crippen LogP contribution is 2.65. The fourth-order valence-electron chi connectivity index (χ4n) is 21.5. The minimum Gasteiger partial charge on any atom is -0.356 e. The lowest BCUT2D eigenvalue weighted by atomic mass is 9.55. The highest BCUT2D eigenvalue weighted by Gasteiger charge is 2.55. The molecule has 0 atom stereocenters. The standard InChI is InChI=1S/C62H45N.C38H27Cl.C24H19N.CH4/c1-61(2)55-25-13-15-27-57(55)62(58-28-16-14-26-56(58)61)54-24-12-11-22-51(54)52-38-33-46(41-59(52)62)49-39-40-60(53-23-10-9-21-50(49)53)63(47-34-29-44(30-35-47)42-17-5-3-6-18-42)48-36-31-45(32-37-48)43-19-7-4-8-20-43;1-37(2)32-15-7-9-17-34(32)38(35-18-10-8-16-33(35)37)30-14-6-5-12-27(30)29-23-24(19-21-31(29)38)25-20-22-36(39)28-13-4-3-11-26(25)28;1-3-7-19(8-4-1)21-11-15-23(16-12-21)25-24-17-13-22(14-18-24)20-9-5-2-6-10-20;/h3-41H,1-2H3;3-23H,1-2H3;1-18,25H;1H4. The number of fused-ring (bicyclic) bond motifs is 20. The Labute approximate surface area is 757 Å². The zero-order valence-electron chi connectivity index (χ0n) is 71.4. The summed E-state index contributed by atoms with van der Waals surface area (Å²) < 4.78 is 0. The van der Waals surface area contributed by atoms with Crippen LogP contribution in [0.4, 0.5) is 28.4 Å².